The lowest BCUT2D eigenvalue weighted by atomic mass is 9.95. The molecule has 8 heteroatoms. The number of rotatable bonds is 2. The molecule has 0 radical (unpaired) electrons. The Morgan fingerprint density at radius 2 is 1.80 bits per heavy atom. The molecule has 1 aromatic rings. The summed E-state index contributed by atoms with van der Waals surface area (Å²) in [6, 6.07) is 4.09. The van der Waals surface area contributed by atoms with E-state index in [-0.39, 0.29) is 28.6 Å². The van der Waals surface area contributed by atoms with Gasteiger partial charge in [-0.05, 0) is 25.0 Å². The topological polar surface area (TPSA) is 61.9 Å². The van der Waals surface area contributed by atoms with Gasteiger partial charge < -0.3 is 19.9 Å². The van der Waals surface area contributed by atoms with Crippen LogP contribution < -0.4 is 5.32 Å². The summed E-state index contributed by atoms with van der Waals surface area (Å²) in [5.41, 5.74) is 0.0593. The van der Waals surface area contributed by atoms with Gasteiger partial charge in [-0.15, -0.1) is 0 Å². The maximum Gasteiger partial charge on any atom is 0.321 e. The first-order valence-electron chi connectivity index (χ1n) is 8.42. The highest BCUT2D eigenvalue weighted by molar-refractivity contribution is 6.31. The van der Waals surface area contributed by atoms with Crippen molar-refractivity contribution in [1.29, 1.82) is 0 Å². The van der Waals surface area contributed by atoms with Gasteiger partial charge in [-0.3, -0.25) is 4.79 Å². The highest BCUT2D eigenvalue weighted by atomic mass is 35.5. The van der Waals surface area contributed by atoms with Gasteiger partial charge in [-0.2, -0.15) is 0 Å². The highest BCUT2D eigenvalue weighted by Gasteiger charge is 2.31. The summed E-state index contributed by atoms with van der Waals surface area (Å²) in [6.45, 7) is 3.36. The number of halogens is 2. The molecule has 0 saturated carbocycles. The van der Waals surface area contributed by atoms with Gasteiger partial charge in [0.25, 0.3) is 0 Å². The Labute approximate surface area is 150 Å². The van der Waals surface area contributed by atoms with E-state index in [1.807, 2.05) is 4.90 Å². The number of nitrogens with one attached hydrogen (secondary N) is 1. The number of nitrogens with zero attached hydrogens (tertiary/aromatic N) is 2. The van der Waals surface area contributed by atoms with Gasteiger partial charge in [-0.1, -0.05) is 17.7 Å². The molecule has 2 aliphatic rings. The zero-order valence-corrected chi connectivity index (χ0v) is 14.6. The highest BCUT2D eigenvalue weighted by Crippen LogP contribution is 2.24. The summed E-state index contributed by atoms with van der Waals surface area (Å²) in [4.78, 5) is 28.2. The molecule has 1 aromatic carbocycles. The van der Waals surface area contributed by atoms with Crippen LogP contribution in [0.2, 0.25) is 5.02 Å². The Kier molecular flexibility index (Phi) is 5.75. The van der Waals surface area contributed by atoms with Gasteiger partial charge in [0.2, 0.25) is 5.91 Å². The zero-order valence-electron chi connectivity index (χ0n) is 13.8. The third-order valence-electron chi connectivity index (χ3n) is 4.65. The van der Waals surface area contributed by atoms with E-state index < -0.39 is 5.82 Å². The molecular weight excluding hydrogens is 349 g/mol. The van der Waals surface area contributed by atoms with Gasteiger partial charge in [0.05, 0.1) is 23.9 Å². The number of hydrogen-bond acceptors (Lipinski definition) is 3. The number of benzene rings is 1. The van der Waals surface area contributed by atoms with Crippen LogP contribution in [0, 0.1) is 11.7 Å². The van der Waals surface area contributed by atoms with Crippen LogP contribution in [0.4, 0.5) is 14.9 Å². The second-order valence-corrected chi connectivity index (χ2v) is 6.64. The quantitative estimate of drug-likeness (QED) is 0.871. The summed E-state index contributed by atoms with van der Waals surface area (Å²) < 4.78 is 19.1. The van der Waals surface area contributed by atoms with E-state index in [9.17, 15) is 14.0 Å². The largest absolute Gasteiger partial charge is 0.378 e. The lowest BCUT2D eigenvalue weighted by Gasteiger charge is -2.35. The summed E-state index contributed by atoms with van der Waals surface area (Å²) in [6.07, 6.45) is 1.23. The maximum absolute atomic E-state index is 13.9. The van der Waals surface area contributed by atoms with Crippen molar-refractivity contribution in [2.75, 3.05) is 44.7 Å². The van der Waals surface area contributed by atoms with Crippen molar-refractivity contribution in [3.63, 3.8) is 0 Å². The molecule has 0 aromatic heterocycles. The maximum atomic E-state index is 13.9. The molecule has 0 spiro atoms. The van der Waals surface area contributed by atoms with Gasteiger partial charge in [0.1, 0.15) is 0 Å². The average molecular weight is 370 g/mol. The Balaban J connectivity index is 1.52. The monoisotopic (exact) mass is 369 g/mol. The predicted octanol–water partition coefficient (Wildman–Crippen LogP) is 2.58. The second-order valence-electron chi connectivity index (χ2n) is 6.23. The first kappa shape index (κ1) is 17.9. The SMILES string of the molecule is O=C(Nc1cccc(Cl)c1F)N1CCC(C(=O)N2CCOCC2)CC1. The summed E-state index contributed by atoms with van der Waals surface area (Å²) >= 11 is 5.72. The van der Waals surface area contributed by atoms with Gasteiger partial charge in [0, 0.05) is 32.1 Å². The van der Waals surface area contributed by atoms with Crippen molar-refractivity contribution in [2.45, 2.75) is 12.8 Å². The number of urea groups is 1. The summed E-state index contributed by atoms with van der Waals surface area (Å²) in [7, 11) is 0. The fourth-order valence-corrected chi connectivity index (χ4v) is 3.34. The third kappa shape index (κ3) is 4.22. The Hall–Kier alpha value is -1.86. The van der Waals surface area contributed by atoms with Crippen LogP contribution in [0.25, 0.3) is 0 Å². The molecular formula is C17H21ClFN3O3. The summed E-state index contributed by atoms with van der Waals surface area (Å²) in [5, 5.41) is 2.51. The van der Waals surface area contributed by atoms with Crippen molar-refractivity contribution >= 4 is 29.2 Å². The van der Waals surface area contributed by atoms with Crippen LogP contribution in [0.5, 0.6) is 0 Å². The zero-order chi connectivity index (χ0) is 17.8. The second kappa shape index (κ2) is 8.01. The molecule has 0 bridgehead atoms. The molecule has 1 N–H and O–H groups in total. The smallest absolute Gasteiger partial charge is 0.321 e. The van der Waals surface area contributed by atoms with Crippen molar-refractivity contribution < 1.29 is 18.7 Å². The van der Waals surface area contributed by atoms with Crippen molar-refractivity contribution in [1.82, 2.24) is 9.80 Å². The molecule has 0 aliphatic carbocycles. The number of ether oxygens (including phenoxy) is 1. The van der Waals surface area contributed by atoms with E-state index in [2.05, 4.69) is 5.32 Å². The standard InChI is InChI=1S/C17H21ClFN3O3/c18-13-2-1-3-14(15(13)19)20-17(24)22-6-4-12(5-7-22)16(23)21-8-10-25-11-9-21/h1-3,12H,4-11H2,(H,20,24). The molecule has 25 heavy (non-hydrogen) atoms. The van der Waals surface area contributed by atoms with Crippen LogP contribution in [0.3, 0.4) is 0 Å². The number of anilines is 1. The van der Waals surface area contributed by atoms with E-state index in [4.69, 9.17) is 16.3 Å². The number of amides is 3. The Bertz CT molecular complexity index is 644. The molecule has 0 unspecified atom stereocenters. The lowest BCUT2D eigenvalue weighted by molar-refractivity contribution is -0.140. The van der Waals surface area contributed by atoms with Crippen LogP contribution in [0.1, 0.15) is 12.8 Å². The minimum atomic E-state index is -0.644. The molecule has 6 nitrogen and oxygen atoms in total. The van der Waals surface area contributed by atoms with Gasteiger partial charge >= 0.3 is 6.03 Å². The molecule has 2 aliphatic heterocycles. The third-order valence-corrected chi connectivity index (χ3v) is 4.94. The molecule has 3 rings (SSSR count). The Morgan fingerprint density at radius 3 is 2.48 bits per heavy atom. The van der Waals surface area contributed by atoms with E-state index in [1.165, 1.54) is 12.1 Å². The molecule has 0 atom stereocenters. The van der Waals surface area contributed by atoms with Crippen LogP contribution in [0.15, 0.2) is 18.2 Å². The van der Waals surface area contributed by atoms with Crippen molar-refractivity contribution in [3.05, 3.63) is 29.0 Å². The number of carbonyl (C=O) groups is 2. The molecule has 2 saturated heterocycles. The number of piperidine rings is 1. The van der Waals surface area contributed by atoms with Crippen LogP contribution in [-0.2, 0) is 9.53 Å². The fraction of sp³-hybridized carbons (Fsp3) is 0.529. The average Bonchev–Trinajstić information content (AvgIpc) is 2.65. The van der Waals surface area contributed by atoms with E-state index >= 15 is 0 Å². The first-order chi connectivity index (χ1) is 12.1. The number of hydrogen-bond donors (Lipinski definition) is 1. The van der Waals surface area contributed by atoms with E-state index in [0.717, 1.165) is 0 Å². The normalized spacial score (nSPS) is 19.0. The van der Waals surface area contributed by atoms with E-state index in [0.29, 0.717) is 52.2 Å². The van der Waals surface area contributed by atoms with Crippen LogP contribution >= 0.6 is 11.6 Å². The summed E-state index contributed by atoms with van der Waals surface area (Å²) in [5.74, 6) is -0.566. The van der Waals surface area contributed by atoms with Crippen molar-refractivity contribution in [3.8, 4) is 0 Å². The van der Waals surface area contributed by atoms with E-state index in [1.54, 1.807) is 11.0 Å². The van der Waals surface area contributed by atoms with Crippen LogP contribution in [-0.4, -0.2) is 61.1 Å². The minimum absolute atomic E-state index is 0.0346. The molecule has 136 valence electrons. The Morgan fingerprint density at radius 1 is 1.12 bits per heavy atom. The molecule has 2 fully saturated rings. The number of likely N-dealkylation sites (tertiary alicyclic amines) is 1. The first-order valence-corrected chi connectivity index (χ1v) is 8.80. The van der Waals surface area contributed by atoms with Gasteiger partial charge in [0.15, 0.2) is 5.82 Å². The number of carbonyl (C=O) groups excluding carboxylic acids is 2. The number of morpholine rings is 1. The van der Waals surface area contributed by atoms with Gasteiger partial charge in [-0.25, -0.2) is 9.18 Å². The van der Waals surface area contributed by atoms with Crippen molar-refractivity contribution in [2.24, 2.45) is 5.92 Å². The molecule has 2 heterocycles. The lowest BCUT2D eigenvalue weighted by Crippen LogP contribution is -2.48. The minimum Gasteiger partial charge on any atom is -0.378 e. The molecule has 3 amide bonds. The predicted molar refractivity (Wildman–Crippen MR) is 92.1 cm³/mol. The fourth-order valence-electron chi connectivity index (χ4n) is 3.17.